The van der Waals surface area contributed by atoms with Crippen LogP contribution in [0.1, 0.15) is 29.5 Å². The first kappa shape index (κ1) is 36.1. The van der Waals surface area contributed by atoms with E-state index in [1.807, 2.05) is 0 Å². The molecule has 2 aliphatic heterocycles. The van der Waals surface area contributed by atoms with E-state index in [0.717, 1.165) is 18.4 Å². The number of ether oxygens (including phenoxy) is 2. The van der Waals surface area contributed by atoms with Crippen molar-refractivity contribution in [1.82, 2.24) is 10.2 Å². The van der Waals surface area contributed by atoms with Crippen LogP contribution < -0.4 is 10.1 Å². The van der Waals surface area contributed by atoms with Gasteiger partial charge in [0, 0.05) is 29.9 Å². The second-order valence-corrected chi connectivity index (χ2v) is 13.8. The number of hydrogen-bond acceptors (Lipinski definition) is 8. The van der Waals surface area contributed by atoms with Crippen LogP contribution in [0.2, 0.25) is 5.02 Å². The van der Waals surface area contributed by atoms with Gasteiger partial charge in [-0.25, -0.2) is 13.2 Å². The molecule has 3 aromatic carbocycles. The minimum absolute atomic E-state index is 0. The highest BCUT2D eigenvalue weighted by molar-refractivity contribution is 7.90. The minimum atomic E-state index is -4.80. The Morgan fingerprint density at radius 3 is 2.49 bits per heavy atom. The van der Waals surface area contributed by atoms with Crippen molar-refractivity contribution in [2.45, 2.75) is 43.2 Å². The molecule has 2 aliphatic rings. The molecule has 9 nitrogen and oxygen atoms in total. The average molecular weight is 716 g/mol. The van der Waals surface area contributed by atoms with Gasteiger partial charge in [0.05, 0.1) is 11.4 Å². The zero-order valence-corrected chi connectivity index (χ0v) is 27.6. The first-order valence-corrected chi connectivity index (χ1v) is 16.4. The number of aliphatic hydroxyl groups is 1. The third-order valence-corrected chi connectivity index (χ3v) is 9.29. The molecule has 3 aromatic rings. The average Bonchev–Trinajstić information content (AvgIpc) is 3.20. The Bertz CT molecular complexity index is 1830. The monoisotopic (exact) mass is 714 g/mol. The number of esters is 1. The first-order chi connectivity index (χ1) is 21.5. The van der Waals surface area contributed by atoms with Gasteiger partial charge in [0.1, 0.15) is 11.3 Å². The zero-order chi connectivity index (χ0) is 33.4. The molecule has 1 saturated heterocycles. The van der Waals surface area contributed by atoms with E-state index < -0.39 is 27.8 Å². The van der Waals surface area contributed by atoms with E-state index in [1.165, 1.54) is 24.3 Å². The molecule has 1 spiro atoms. The zero-order valence-electron chi connectivity index (χ0n) is 25.2. The van der Waals surface area contributed by atoms with E-state index in [4.69, 9.17) is 16.3 Å². The Hall–Kier alpha value is -3.78. The Balaban J connectivity index is 0.00000500. The van der Waals surface area contributed by atoms with Crippen molar-refractivity contribution >= 4 is 51.3 Å². The summed E-state index contributed by atoms with van der Waals surface area (Å²) in [5, 5.41) is 14.4. The van der Waals surface area contributed by atoms with Gasteiger partial charge in [-0.2, -0.15) is 0 Å². The number of amides is 1. The van der Waals surface area contributed by atoms with Gasteiger partial charge in [0.2, 0.25) is 5.91 Å². The lowest BCUT2D eigenvalue weighted by atomic mass is 9.87. The molecule has 0 aliphatic carbocycles. The summed E-state index contributed by atoms with van der Waals surface area (Å²) in [6.45, 7) is 2.31. The van der Waals surface area contributed by atoms with Gasteiger partial charge in [-0.3, -0.25) is 9.69 Å². The summed E-state index contributed by atoms with van der Waals surface area (Å²) in [6, 6.07) is 14.7. The van der Waals surface area contributed by atoms with Gasteiger partial charge in [0.25, 0.3) is 0 Å². The summed E-state index contributed by atoms with van der Waals surface area (Å²) in [7, 11) is -3.45. The number of halogens is 5. The molecule has 2 heterocycles. The summed E-state index contributed by atoms with van der Waals surface area (Å²) in [4.78, 5) is 27.8. The fraction of sp³-hybridized carbons (Fsp3) is 0.312. The van der Waals surface area contributed by atoms with Gasteiger partial charge in [-0.05, 0) is 85.0 Å². The fourth-order valence-corrected chi connectivity index (χ4v) is 6.63. The number of carbonyl (C=O) groups is 2. The van der Waals surface area contributed by atoms with Crippen LogP contribution in [0.3, 0.4) is 0 Å². The number of benzene rings is 3. The SMILES string of the molecule is Cc1cc(-c2cccc(S(C)(=O)=O)c2)c(Cl)cc1C1=C(O)C2(CCCN(CC(=O)NCc3ccc(OC(F)(F)F)cc3)C2)OC1=O.Cl. The van der Waals surface area contributed by atoms with Crippen LogP contribution in [0.5, 0.6) is 5.75 Å². The van der Waals surface area contributed by atoms with Crippen LogP contribution in [0, 0.1) is 6.92 Å². The van der Waals surface area contributed by atoms with E-state index in [-0.39, 0.29) is 64.9 Å². The van der Waals surface area contributed by atoms with Crippen molar-refractivity contribution in [2.24, 2.45) is 0 Å². The molecular formula is C32H31Cl2F3N2O7S. The Morgan fingerprint density at radius 2 is 1.83 bits per heavy atom. The molecule has 252 valence electrons. The summed E-state index contributed by atoms with van der Waals surface area (Å²) in [6.07, 6.45) is -2.83. The van der Waals surface area contributed by atoms with Crippen LogP contribution in [-0.2, 0) is 30.7 Å². The number of hydrogen-bond donors (Lipinski definition) is 2. The van der Waals surface area contributed by atoms with Crippen LogP contribution >= 0.6 is 24.0 Å². The van der Waals surface area contributed by atoms with Gasteiger partial charge >= 0.3 is 12.3 Å². The molecular weight excluding hydrogens is 684 g/mol. The van der Waals surface area contributed by atoms with E-state index in [9.17, 15) is 36.3 Å². The van der Waals surface area contributed by atoms with Gasteiger partial charge in [-0.1, -0.05) is 35.9 Å². The number of likely N-dealkylation sites (tertiary alicyclic amines) is 1. The van der Waals surface area contributed by atoms with E-state index >= 15 is 0 Å². The fourth-order valence-electron chi connectivity index (χ4n) is 5.69. The highest BCUT2D eigenvalue weighted by Gasteiger charge is 2.51. The lowest BCUT2D eigenvalue weighted by molar-refractivity contribution is -0.274. The number of carbonyl (C=O) groups excluding carboxylic acids is 2. The maximum atomic E-state index is 13.2. The van der Waals surface area contributed by atoms with Crippen molar-refractivity contribution in [3.63, 3.8) is 0 Å². The molecule has 2 N–H and O–H groups in total. The molecule has 0 radical (unpaired) electrons. The lowest BCUT2D eigenvalue weighted by Gasteiger charge is -2.38. The quantitative estimate of drug-likeness (QED) is 0.272. The van der Waals surface area contributed by atoms with Crippen LogP contribution in [0.4, 0.5) is 13.2 Å². The second-order valence-electron chi connectivity index (χ2n) is 11.3. The maximum absolute atomic E-state index is 13.2. The largest absolute Gasteiger partial charge is 0.573 e. The number of rotatable bonds is 8. The molecule has 5 rings (SSSR count). The standard InChI is InChI=1S/C32H30ClF3N2O7S.ClH/c1-19-13-25(21-5-3-6-23(14-21)46(2,42)43)26(33)15-24(19)28-29(40)31(45-30(28)41)11-4-12-38(18-31)17-27(39)37-16-20-7-9-22(10-8-20)44-32(34,35)36;/h3,5-10,13-15,40H,4,11-12,16-18H2,1-2H3,(H,37,39);1H. The number of nitrogens with one attached hydrogen (secondary N) is 1. The number of alkyl halides is 3. The summed E-state index contributed by atoms with van der Waals surface area (Å²) in [5.41, 5.74) is 1.27. The summed E-state index contributed by atoms with van der Waals surface area (Å²) < 4.78 is 70.9. The van der Waals surface area contributed by atoms with Gasteiger partial charge < -0.3 is 19.9 Å². The predicted octanol–water partition coefficient (Wildman–Crippen LogP) is 6.02. The van der Waals surface area contributed by atoms with Gasteiger partial charge in [0.15, 0.2) is 21.2 Å². The molecule has 0 saturated carbocycles. The van der Waals surface area contributed by atoms with Crippen molar-refractivity contribution < 1.29 is 45.8 Å². The Morgan fingerprint density at radius 1 is 1.13 bits per heavy atom. The van der Waals surface area contributed by atoms with E-state index in [1.54, 1.807) is 36.1 Å². The van der Waals surface area contributed by atoms with Crippen molar-refractivity contribution in [3.05, 3.63) is 88.1 Å². The van der Waals surface area contributed by atoms with Gasteiger partial charge in [-0.15, -0.1) is 25.6 Å². The molecule has 0 bridgehead atoms. The Labute approximate surface area is 280 Å². The van der Waals surface area contributed by atoms with Crippen molar-refractivity contribution in [3.8, 4) is 16.9 Å². The number of aliphatic hydroxyl groups excluding tert-OH is 1. The third kappa shape index (κ3) is 8.21. The highest BCUT2D eigenvalue weighted by Crippen LogP contribution is 2.44. The number of sulfone groups is 1. The second kappa shape index (κ2) is 13.8. The van der Waals surface area contributed by atoms with Crippen LogP contribution in [0.25, 0.3) is 16.7 Å². The maximum Gasteiger partial charge on any atom is 0.573 e. The Kier molecular flexibility index (Phi) is 10.6. The predicted molar refractivity (Wildman–Crippen MR) is 171 cm³/mol. The number of nitrogens with zero attached hydrogens (tertiary/aromatic N) is 1. The molecule has 15 heteroatoms. The first-order valence-electron chi connectivity index (χ1n) is 14.2. The molecule has 47 heavy (non-hydrogen) atoms. The number of aryl methyl sites for hydroxylation is 1. The van der Waals surface area contributed by atoms with Crippen LogP contribution in [0.15, 0.2) is 71.3 Å². The van der Waals surface area contributed by atoms with Crippen molar-refractivity contribution in [2.75, 3.05) is 25.9 Å². The minimum Gasteiger partial charge on any atom is -0.507 e. The third-order valence-electron chi connectivity index (χ3n) is 7.86. The van der Waals surface area contributed by atoms with Crippen LogP contribution in [-0.4, -0.2) is 68.2 Å². The molecule has 1 fully saturated rings. The topological polar surface area (TPSA) is 122 Å². The molecule has 0 aromatic heterocycles. The smallest absolute Gasteiger partial charge is 0.507 e. The number of piperidine rings is 1. The molecule has 1 amide bonds. The molecule has 1 unspecified atom stereocenters. The lowest BCUT2D eigenvalue weighted by Crippen LogP contribution is -2.52. The van der Waals surface area contributed by atoms with Crippen molar-refractivity contribution in [1.29, 1.82) is 0 Å². The van der Waals surface area contributed by atoms with E-state index in [0.29, 0.717) is 47.2 Å². The summed E-state index contributed by atoms with van der Waals surface area (Å²) in [5.74, 6) is -1.71. The molecule has 1 atom stereocenters. The highest BCUT2D eigenvalue weighted by atomic mass is 35.5. The summed E-state index contributed by atoms with van der Waals surface area (Å²) >= 11 is 6.63. The van der Waals surface area contributed by atoms with E-state index in [2.05, 4.69) is 10.1 Å². The normalized spacial score (nSPS) is 18.6.